The molecule has 1 fully saturated rings. The van der Waals surface area contributed by atoms with Crippen LogP contribution in [0.25, 0.3) is 11.0 Å². The summed E-state index contributed by atoms with van der Waals surface area (Å²) in [7, 11) is 0. The monoisotopic (exact) mass is 499 g/mol. The molecular formula is C17H14N7NaO4S3. The van der Waals surface area contributed by atoms with Gasteiger partial charge in [-0.25, -0.2) is 9.97 Å². The van der Waals surface area contributed by atoms with Crippen LogP contribution < -0.4 is 45.7 Å². The van der Waals surface area contributed by atoms with E-state index in [1.807, 2.05) is 0 Å². The Labute approximate surface area is 216 Å². The Balaban J connectivity index is 0.00000289. The van der Waals surface area contributed by atoms with Gasteiger partial charge < -0.3 is 21.0 Å². The van der Waals surface area contributed by atoms with E-state index in [4.69, 9.17) is 12.2 Å². The fourth-order valence-electron chi connectivity index (χ4n) is 3.07. The Morgan fingerprint density at radius 1 is 1.47 bits per heavy atom. The van der Waals surface area contributed by atoms with E-state index in [9.17, 15) is 19.5 Å². The molecule has 0 spiro atoms. The number of fused-ring (bicyclic) bond motifs is 2. The van der Waals surface area contributed by atoms with Crippen LogP contribution in [0.4, 0.5) is 5.82 Å². The van der Waals surface area contributed by atoms with Crippen LogP contribution >= 0.6 is 35.3 Å². The number of carboxylic acids is 1. The molecular weight excluding hydrogens is 485 g/mol. The van der Waals surface area contributed by atoms with Crippen molar-refractivity contribution in [3.63, 3.8) is 0 Å². The van der Waals surface area contributed by atoms with Gasteiger partial charge in [0.15, 0.2) is 10.8 Å². The Bertz CT molecular complexity index is 1160. The normalized spacial score (nSPS) is 19.6. The average molecular weight is 500 g/mol. The maximum Gasteiger partial charge on any atom is 1.00 e. The number of nitrogens with one attached hydrogen (secondary N) is 2. The van der Waals surface area contributed by atoms with Crippen LogP contribution in [0.3, 0.4) is 0 Å². The van der Waals surface area contributed by atoms with Crippen molar-refractivity contribution < 1.29 is 49.0 Å². The first-order valence-electron chi connectivity index (χ1n) is 8.75. The molecule has 4 rings (SSSR count). The summed E-state index contributed by atoms with van der Waals surface area (Å²) in [6.45, 7) is 0. The minimum absolute atomic E-state index is 0. The van der Waals surface area contributed by atoms with Crippen LogP contribution in [0.15, 0.2) is 22.0 Å². The Morgan fingerprint density at radius 2 is 2.25 bits per heavy atom. The number of carbonyl (C=O) groups excluding carboxylic acids is 3. The summed E-state index contributed by atoms with van der Waals surface area (Å²) in [5.41, 5.74) is 6.06. The van der Waals surface area contributed by atoms with Gasteiger partial charge in [0.25, 0.3) is 5.91 Å². The predicted molar refractivity (Wildman–Crippen MR) is 115 cm³/mol. The summed E-state index contributed by atoms with van der Waals surface area (Å²) in [5.74, 6) is 1.02. The first-order valence-corrected chi connectivity index (χ1v) is 11.8. The number of nitrogens with two attached hydrogens (primary N) is 1. The van der Waals surface area contributed by atoms with Crippen molar-refractivity contribution in [1.29, 1.82) is 0 Å². The van der Waals surface area contributed by atoms with Crippen molar-refractivity contribution in [2.45, 2.75) is 16.6 Å². The number of amides is 2. The third-order valence-corrected chi connectivity index (χ3v) is 7.64. The van der Waals surface area contributed by atoms with Gasteiger partial charge in [0.1, 0.15) is 17.2 Å². The van der Waals surface area contributed by atoms with E-state index in [-0.39, 0.29) is 63.6 Å². The van der Waals surface area contributed by atoms with Gasteiger partial charge in [0, 0.05) is 10.7 Å². The van der Waals surface area contributed by atoms with Crippen molar-refractivity contribution >= 4 is 69.9 Å². The van der Waals surface area contributed by atoms with E-state index in [0.29, 0.717) is 21.7 Å². The van der Waals surface area contributed by atoms with E-state index in [2.05, 4.69) is 31.4 Å². The summed E-state index contributed by atoms with van der Waals surface area (Å²) < 4.78 is 0. The number of carboxylic acid groups (broad SMARTS) is 1. The Morgan fingerprint density at radius 3 is 2.97 bits per heavy atom. The molecule has 2 amide bonds. The second-order valence-corrected chi connectivity index (χ2v) is 9.49. The summed E-state index contributed by atoms with van der Waals surface area (Å²) in [6.07, 6.45) is 6.64. The molecule has 2 aromatic rings. The molecule has 2 atom stereocenters. The molecule has 4 N–H and O–H groups in total. The number of β-lactam (4-membered cyclic amide) rings is 1. The minimum atomic E-state index is -1.49. The van der Waals surface area contributed by atoms with Gasteiger partial charge in [-0.1, -0.05) is 17.7 Å². The molecule has 1 unspecified atom stereocenters. The Kier molecular flexibility index (Phi) is 8.01. The molecule has 11 nitrogen and oxygen atoms in total. The average Bonchev–Trinajstić information content (AvgIpc) is 3.21. The molecule has 32 heavy (non-hydrogen) atoms. The maximum absolute atomic E-state index is 12.6. The number of H-pyrrole nitrogens is 1. The molecule has 0 saturated carbocycles. The number of nitrogens with zero attached hydrogens (tertiary/aromatic N) is 4. The Hall–Kier alpha value is -1.89. The van der Waals surface area contributed by atoms with E-state index in [1.54, 1.807) is 0 Å². The standard InChI is InChI=1S/C17H15N7O4S3.Na/c1-2-3-29-6-9(25)20-10-14(26)24-11(16(27)28)8(5-30-15(10)24)31-17-21-12(18)7-4-19-23-13(7)22-17;/h1,4,10,15H,3,5-6H2,(H,20,25)(H,27,28)(H3,18,19,21,22,23);/q;+1/p-1/t10?,15-;/m1./s1. The van der Waals surface area contributed by atoms with Gasteiger partial charge in [-0.05, 0) is 0 Å². The second kappa shape index (κ2) is 10.4. The zero-order valence-corrected chi connectivity index (χ0v) is 21.1. The van der Waals surface area contributed by atoms with E-state index < -0.39 is 23.3 Å². The fraction of sp³-hybridized carbons (Fsp3) is 0.294. The number of aromatic amines is 1. The zero-order chi connectivity index (χ0) is 22.1. The van der Waals surface area contributed by atoms with Crippen LogP contribution in [-0.4, -0.2) is 71.5 Å². The second-order valence-electron chi connectivity index (χ2n) is 6.34. The third-order valence-electron chi connectivity index (χ3n) is 4.39. The molecule has 2 aliphatic rings. The third kappa shape index (κ3) is 4.73. The predicted octanol–water partition coefficient (Wildman–Crippen LogP) is -4.24. The number of terminal acetylenes is 1. The molecule has 0 bridgehead atoms. The number of hydrogen-bond donors (Lipinski definition) is 3. The summed E-state index contributed by atoms with van der Waals surface area (Å²) in [4.78, 5) is 46.4. The summed E-state index contributed by atoms with van der Waals surface area (Å²) in [5, 5.41) is 21.3. The number of thioether (sulfide) groups is 3. The van der Waals surface area contributed by atoms with Crippen LogP contribution in [0.5, 0.6) is 0 Å². The first-order chi connectivity index (χ1) is 14.9. The SMILES string of the molecule is C#CCSCC(=O)NC1C(=O)N2C(C(=O)[O-])=C(Sc3nc(N)c4cn[nH]c4n3)CS[C@H]12.[Na+]. The number of aliphatic carboxylic acids is 1. The van der Waals surface area contributed by atoms with Crippen molar-refractivity contribution in [2.24, 2.45) is 0 Å². The van der Waals surface area contributed by atoms with Gasteiger partial charge in [-0.2, -0.15) is 5.10 Å². The van der Waals surface area contributed by atoms with Gasteiger partial charge in [0.05, 0.1) is 34.8 Å². The number of rotatable bonds is 7. The summed E-state index contributed by atoms with van der Waals surface area (Å²) in [6, 6.07) is -0.807. The number of nitrogen functional groups attached to an aromatic ring is 1. The molecule has 160 valence electrons. The number of carbonyl (C=O) groups is 3. The van der Waals surface area contributed by atoms with Crippen LogP contribution in [0, 0.1) is 12.3 Å². The van der Waals surface area contributed by atoms with Gasteiger partial charge in [-0.15, -0.1) is 29.9 Å². The van der Waals surface area contributed by atoms with Crippen LogP contribution in [0.2, 0.25) is 0 Å². The number of anilines is 1. The van der Waals surface area contributed by atoms with Gasteiger partial charge in [0.2, 0.25) is 5.91 Å². The summed E-state index contributed by atoms with van der Waals surface area (Å²) >= 11 is 3.57. The van der Waals surface area contributed by atoms with Crippen molar-refractivity contribution in [3.8, 4) is 12.3 Å². The van der Waals surface area contributed by atoms with E-state index >= 15 is 0 Å². The largest absolute Gasteiger partial charge is 1.00 e. The van der Waals surface area contributed by atoms with Gasteiger partial charge >= 0.3 is 29.6 Å². The van der Waals surface area contributed by atoms with Crippen molar-refractivity contribution in [2.75, 3.05) is 23.0 Å². The smallest absolute Gasteiger partial charge is 0.543 e. The molecule has 2 aromatic heterocycles. The number of hydrogen-bond acceptors (Lipinski definition) is 11. The molecule has 0 aromatic carbocycles. The van der Waals surface area contributed by atoms with E-state index in [0.717, 1.165) is 16.7 Å². The molecule has 15 heteroatoms. The molecule has 2 aliphatic heterocycles. The molecule has 0 aliphatic carbocycles. The topological polar surface area (TPSA) is 170 Å². The van der Waals surface area contributed by atoms with Crippen LogP contribution in [-0.2, 0) is 14.4 Å². The maximum atomic E-state index is 12.6. The van der Waals surface area contributed by atoms with Crippen molar-refractivity contribution in [3.05, 3.63) is 16.8 Å². The minimum Gasteiger partial charge on any atom is -0.543 e. The quantitative estimate of drug-likeness (QED) is 0.111. The van der Waals surface area contributed by atoms with Gasteiger partial charge in [-0.3, -0.25) is 19.6 Å². The zero-order valence-electron chi connectivity index (χ0n) is 16.7. The van der Waals surface area contributed by atoms with Crippen molar-refractivity contribution in [1.82, 2.24) is 30.4 Å². The van der Waals surface area contributed by atoms with Crippen LogP contribution in [0.1, 0.15) is 0 Å². The molecule has 4 heterocycles. The first kappa shape index (κ1) is 24.7. The molecule has 1 saturated heterocycles. The fourth-order valence-corrected chi connectivity index (χ4v) is 5.97. The van der Waals surface area contributed by atoms with E-state index in [1.165, 1.54) is 29.7 Å². The number of aromatic nitrogens is 4. The molecule has 0 radical (unpaired) electrons.